The maximum absolute atomic E-state index is 12.6. The first kappa shape index (κ1) is 21.0. The van der Waals surface area contributed by atoms with Crippen molar-refractivity contribution in [1.82, 2.24) is 9.62 Å². The normalized spacial score (nSPS) is 20.1. The molecule has 3 heterocycles. The molecule has 2 saturated heterocycles. The third kappa shape index (κ3) is 4.28. The number of hydrogen-bond acceptors (Lipinski definition) is 5. The fourth-order valence-electron chi connectivity index (χ4n) is 3.82. The van der Waals surface area contributed by atoms with Crippen LogP contribution in [0.2, 0.25) is 0 Å². The molecule has 9 heteroatoms. The zero-order valence-electron chi connectivity index (χ0n) is 16.8. The number of nitrogens with zero attached hydrogens (tertiary/aromatic N) is 2. The molecule has 2 aromatic rings. The highest BCUT2D eigenvalue weighted by molar-refractivity contribution is 7.91. The lowest BCUT2D eigenvalue weighted by Gasteiger charge is -2.17. The predicted octanol–water partition coefficient (Wildman–Crippen LogP) is 2.51. The Morgan fingerprint density at radius 1 is 1.13 bits per heavy atom. The largest absolute Gasteiger partial charge is 0.351 e. The van der Waals surface area contributed by atoms with E-state index in [0.29, 0.717) is 23.8 Å². The molecule has 160 valence electrons. The minimum atomic E-state index is -3.43. The molecule has 2 aliphatic heterocycles. The molecule has 1 aromatic carbocycles. The Hall–Kier alpha value is -2.23. The first-order chi connectivity index (χ1) is 14.3. The van der Waals surface area contributed by atoms with Crippen LogP contribution in [-0.2, 0) is 26.2 Å². The van der Waals surface area contributed by atoms with Crippen LogP contribution in [0.25, 0.3) is 0 Å². The maximum Gasteiger partial charge on any atom is 0.252 e. The average Bonchev–Trinajstić information content (AvgIpc) is 3.48. The summed E-state index contributed by atoms with van der Waals surface area (Å²) in [5.74, 6) is -0.656. The van der Waals surface area contributed by atoms with Gasteiger partial charge in [-0.2, -0.15) is 4.31 Å². The summed E-state index contributed by atoms with van der Waals surface area (Å²) in [6.07, 6.45) is 1.97. The van der Waals surface area contributed by atoms with Crippen LogP contribution in [0.4, 0.5) is 5.69 Å². The number of thiophene rings is 1. The van der Waals surface area contributed by atoms with Gasteiger partial charge in [-0.05, 0) is 44.0 Å². The Balaban J connectivity index is 1.35. The van der Waals surface area contributed by atoms with Gasteiger partial charge in [0.1, 0.15) is 4.21 Å². The molecule has 1 aromatic heterocycles. The third-order valence-corrected chi connectivity index (χ3v) is 9.03. The van der Waals surface area contributed by atoms with E-state index in [1.807, 2.05) is 31.2 Å². The summed E-state index contributed by atoms with van der Waals surface area (Å²) in [6.45, 7) is 3.73. The lowest BCUT2D eigenvalue weighted by molar-refractivity contribution is -0.126. The molecular formula is C21H25N3O4S2. The van der Waals surface area contributed by atoms with Gasteiger partial charge in [0.2, 0.25) is 11.8 Å². The molecule has 1 N–H and O–H groups in total. The molecule has 0 spiro atoms. The molecule has 0 saturated carbocycles. The molecule has 7 nitrogen and oxygen atoms in total. The molecule has 2 fully saturated rings. The molecular weight excluding hydrogens is 422 g/mol. The average molecular weight is 448 g/mol. The van der Waals surface area contributed by atoms with E-state index in [0.717, 1.165) is 29.0 Å². The van der Waals surface area contributed by atoms with Crippen molar-refractivity contribution >= 4 is 38.9 Å². The SMILES string of the molecule is Cc1ccc(N2C[C@H](C(=O)NCc3ccc(S(=O)(=O)N4CCCC4)s3)CC2=O)cc1. The Bertz CT molecular complexity index is 1040. The zero-order valence-corrected chi connectivity index (χ0v) is 18.5. The van der Waals surface area contributed by atoms with E-state index in [1.54, 1.807) is 17.0 Å². The number of amides is 2. The standard InChI is InChI=1S/C21H25N3O4S2/c1-15-4-6-17(7-5-15)24-14-16(12-19(24)25)21(26)22-13-18-8-9-20(29-18)30(27,28)23-10-2-3-11-23/h4-9,16H,2-3,10-14H2,1H3,(H,22,26)/t16-/m1/s1. The summed E-state index contributed by atoms with van der Waals surface area (Å²) in [5, 5.41) is 2.86. The molecule has 0 aliphatic carbocycles. The fourth-order valence-corrected chi connectivity index (χ4v) is 6.79. The summed E-state index contributed by atoms with van der Waals surface area (Å²) in [5.41, 5.74) is 1.91. The Kier molecular flexibility index (Phi) is 5.95. The van der Waals surface area contributed by atoms with Crippen LogP contribution >= 0.6 is 11.3 Å². The number of nitrogens with one attached hydrogen (secondary N) is 1. The van der Waals surface area contributed by atoms with Gasteiger partial charge in [0, 0.05) is 36.6 Å². The lowest BCUT2D eigenvalue weighted by Crippen LogP contribution is -2.32. The number of hydrogen-bond donors (Lipinski definition) is 1. The van der Waals surface area contributed by atoms with Crippen molar-refractivity contribution in [2.45, 2.75) is 36.9 Å². The second-order valence-electron chi connectivity index (χ2n) is 7.79. The van der Waals surface area contributed by atoms with Gasteiger partial charge in [0.25, 0.3) is 10.0 Å². The second kappa shape index (κ2) is 8.49. The molecule has 0 radical (unpaired) electrons. The van der Waals surface area contributed by atoms with Gasteiger partial charge in [-0.3, -0.25) is 9.59 Å². The van der Waals surface area contributed by atoms with E-state index >= 15 is 0 Å². The minimum absolute atomic E-state index is 0.0610. The maximum atomic E-state index is 12.6. The molecule has 2 amide bonds. The van der Waals surface area contributed by atoms with Crippen LogP contribution in [0.5, 0.6) is 0 Å². The van der Waals surface area contributed by atoms with Crippen LogP contribution in [0.3, 0.4) is 0 Å². The van der Waals surface area contributed by atoms with Crippen LogP contribution in [0.15, 0.2) is 40.6 Å². The molecule has 1 atom stereocenters. The van der Waals surface area contributed by atoms with Gasteiger partial charge < -0.3 is 10.2 Å². The zero-order chi connectivity index (χ0) is 21.3. The van der Waals surface area contributed by atoms with E-state index in [9.17, 15) is 18.0 Å². The van der Waals surface area contributed by atoms with E-state index in [4.69, 9.17) is 0 Å². The minimum Gasteiger partial charge on any atom is -0.351 e. The van der Waals surface area contributed by atoms with Crippen LogP contribution in [0.1, 0.15) is 29.7 Å². The van der Waals surface area contributed by atoms with Crippen molar-refractivity contribution in [1.29, 1.82) is 0 Å². The number of anilines is 1. The highest BCUT2D eigenvalue weighted by atomic mass is 32.2. The summed E-state index contributed by atoms with van der Waals surface area (Å²) in [4.78, 5) is 27.4. The van der Waals surface area contributed by atoms with Crippen LogP contribution in [-0.4, -0.2) is 44.2 Å². The quantitative estimate of drug-likeness (QED) is 0.737. The van der Waals surface area contributed by atoms with Gasteiger partial charge >= 0.3 is 0 Å². The fraction of sp³-hybridized carbons (Fsp3) is 0.429. The van der Waals surface area contributed by atoms with E-state index < -0.39 is 15.9 Å². The number of sulfonamides is 1. The Morgan fingerprint density at radius 3 is 2.53 bits per heavy atom. The van der Waals surface area contributed by atoms with E-state index in [1.165, 1.54) is 15.6 Å². The van der Waals surface area contributed by atoms with Crippen LogP contribution in [0, 0.1) is 12.8 Å². The summed E-state index contributed by atoms with van der Waals surface area (Å²) >= 11 is 1.19. The smallest absolute Gasteiger partial charge is 0.252 e. The number of benzene rings is 1. The summed E-state index contributed by atoms with van der Waals surface area (Å²) in [7, 11) is -3.43. The van der Waals surface area contributed by atoms with Crippen LogP contribution < -0.4 is 10.2 Å². The van der Waals surface area contributed by atoms with Gasteiger partial charge in [0.15, 0.2) is 0 Å². The van der Waals surface area contributed by atoms with E-state index in [-0.39, 0.29) is 24.8 Å². The molecule has 30 heavy (non-hydrogen) atoms. The summed E-state index contributed by atoms with van der Waals surface area (Å²) < 4.78 is 27.1. The second-order valence-corrected chi connectivity index (χ2v) is 11.1. The van der Waals surface area contributed by atoms with Gasteiger partial charge in [-0.1, -0.05) is 17.7 Å². The van der Waals surface area contributed by atoms with Gasteiger partial charge in [-0.15, -0.1) is 11.3 Å². The van der Waals surface area contributed by atoms with Crippen molar-refractivity contribution in [2.75, 3.05) is 24.5 Å². The molecule has 4 rings (SSSR count). The Morgan fingerprint density at radius 2 is 1.83 bits per heavy atom. The number of aryl methyl sites for hydroxylation is 1. The molecule has 0 bridgehead atoms. The van der Waals surface area contributed by atoms with Gasteiger partial charge in [0.05, 0.1) is 12.5 Å². The van der Waals surface area contributed by atoms with Crippen molar-refractivity contribution in [3.63, 3.8) is 0 Å². The third-order valence-electron chi connectivity index (χ3n) is 5.57. The Labute approximate surface area is 180 Å². The highest BCUT2D eigenvalue weighted by Gasteiger charge is 2.35. The van der Waals surface area contributed by atoms with E-state index in [2.05, 4.69) is 5.32 Å². The molecule has 2 aliphatic rings. The first-order valence-electron chi connectivity index (χ1n) is 10.1. The molecule has 0 unspecified atom stereocenters. The lowest BCUT2D eigenvalue weighted by atomic mass is 10.1. The topological polar surface area (TPSA) is 86.8 Å². The number of carbonyl (C=O) groups is 2. The monoisotopic (exact) mass is 447 g/mol. The highest BCUT2D eigenvalue weighted by Crippen LogP contribution is 2.28. The predicted molar refractivity (Wildman–Crippen MR) is 116 cm³/mol. The number of rotatable bonds is 6. The first-order valence-corrected chi connectivity index (χ1v) is 12.3. The van der Waals surface area contributed by atoms with Crippen molar-refractivity contribution < 1.29 is 18.0 Å². The summed E-state index contributed by atoms with van der Waals surface area (Å²) in [6, 6.07) is 11.0. The van der Waals surface area contributed by atoms with Crippen molar-refractivity contribution in [3.05, 3.63) is 46.8 Å². The number of carbonyl (C=O) groups excluding carboxylic acids is 2. The van der Waals surface area contributed by atoms with Crippen molar-refractivity contribution in [3.8, 4) is 0 Å². The van der Waals surface area contributed by atoms with Gasteiger partial charge in [-0.25, -0.2) is 8.42 Å². The van der Waals surface area contributed by atoms with Crippen molar-refractivity contribution in [2.24, 2.45) is 5.92 Å².